The molecule has 4 nitrogen and oxygen atoms in total. The Bertz CT molecular complexity index is 399. The zero-order valence-corrected chi connectivity index (χ0v) is 12.1. The number of hydrogen-bond donors (Lipinski definition) is 2. The third-order valence-electron chi connectivity index (χ3n) is 3.07. The predicted octanol–water partition coefficient (Wildman–Crippen LogP) is 3.62. The van der Waals surface area contributed by atoms with Gasteiger partial charge in [-0.15, -0.1) is 11.8 Å². The van der Waals surface area contributed by atoms with Crippen LogP contribution < -0.4 is 5.73 Å². The number of nitrogens with zero attached hydrogens (tertiary/aromatic N) is 1. The Kier molecular flexibility index (Phi) is 5.59. The van der Waals surface area contributed by atoms with Gasteiger partial charge in [0.15, 0.2) is 0 Å². The van der Waals surface area contributed by atoms with E-state index in [1.54, 1.807) is 6.26 Å². The second-order valence-corrected chi connectivity index (χ2v) is 6.15. The van der Waals surface area contributed by atoms with E-state index < -0.39 is 0 Å². The Hall–Kier alpha value is -1.10. The Morgan fingerprint density at radius 3 is 2.78 bits per heavy atom. The molecular weight excluding hydrogens is 248 g/mol. The Morgan fingerprint density at radius 1 is 1.50 bits per heavy atom. The molecule has 0 aliphatic carbocycles. The first-order valence-corrected chi connectivity index (χ1v) is 7.11. The lowest BCUT2D eigenvalue weighted by molar-refractivity contribution is 0.304. The van der Waals surface area contributed by atoms with E-state index in [-0.39, 0.29) is 5.41 Å². The van der Waals surface area contributed by atoms with Crippen LogP contribution in [0.2, 0.25) is 0 Å². The number of nitrogens with two attached hydrogens (primary N) is 1. The minimum atomic E-state index is -0.231. The monoisotopic (exact) mass is 270 g/mol. The molecule has 18 heavy (non-hydrogen) atoms. The third-order valence-corrected chi connectivity index (χ3v) is 4.29. The zero-order chi connectivity index (χ0) is 13.6. The maximum Gasteiger partial charge on any atom is 0.144 e. The van der Waals surface area contributed by atoms with Gasteiger partial charge >= 0.3 is 0 Å². The lowest BCUT2D eigenvalue weighted by Gasteiger charge is -2.22. The Labute approximate surface area is 113 Å². The molecule has 1 aromatic rings. The van der Waals surface area contributed by atoms with Crippen molar-refractivity contribution < 1.29 is 9.62 Å². The first kappa shape index (κ1) is 15.0. The zero-order valence-electron chi connectivity index (χ0n) is 11.3. The molecule has 102 valence electrons. The summed E-state index contributed by atoms with van der Waals surface area (Å²) in [6.07, 6.45) is 4.82. The van der Waals surface area contributed by atoms with E-state index in [1.807, 2.05) is 38.6 Å². The van der Waals surface area contributed by atoms with Gasteiger partial charge in [0, 0.05) is 10.3 Å². The van der Waals surface area contributed by atoms with Crippen molar-refractivity contribution in [3.05, 3.63) is 18.1 Å². The molecule has 0 atom stereocenters. The fraction of sp³-hybridized carbons (Fsp3) is 0.615. The summed E-state index contributed by atoms with van der Waals surface area (Å²) in [5.74, 6) is 2.35. The van der Waals surface area contributed by atoms with Gasteiger partial charge in [0.25, 0.3) is 0 Å². The van der Waals surface area contributed by atoms with E-state index in [4.69, 9.17) is 15.4 Å². The van der Waals surface area contributed by atoms with Gasteiger partial charge in [0.1, 0.15) is 11.6 Å². The molecule has 3 N–H and O–H groups in total. The van der Waals surface area contributed by atoms with Crippen LogP contribution in [0, 0.1) is 12.3 Å². The molecule has 0 radical (unpaired) electrons. The van der Waals surface area contributed by atoms with Crippen LogP contribution in [0.5, 0.6) is 0 Å². The minimum Gasteiger partial charge on any atom is -0.468 e. The number of hydrogen-bond acceptors (Lipinski definition) is 4. The number of rotatable bonds is 7. The van der Waals surface area contributed by atoms with Gasteiger partial charge in [-0.05, 0) is 31.6 Å². The highest BCUT2D eigenvalue weighted by Crippen LogP contribution is 2.27. The number of thioether (sulfide) groups is 1. The standard InChI is InChI=1S/C13H22N2O2S/c1-10-11(6-8-17-10)18-9-5-4-7-13(2,3)12(14)15-16/h6,8,16H,4-5,7,9H2,1-3H3,(H2,14,15). The van der Waals surface area contributed by atoms with Crippen molar-refractivity contribution >= 4 is 17.6 Å². The fourth-order valence-electron chi connectivity index (χ4n) is 1.64. The molecule has 0 bridgehead atoms. The van der Waals surface area contributed by atoms with Gasteiger partial charge in [0.2, 0.25) is 0 Å². The smallest absolute Gasteiger partial charge is 0.144 e. The largest absolute Gasteiger partial charge is 0.468 e. The van der Waals surface area contributed by atoms with Crippen LogP contribution in [0.1, 0.15) is 38.9 Å². The SMILES string of the molecule is Cc1occc1SCCCCC(C)(C)/C(N)=N/O. The molecule has 0 unspecified atom stereocenters. The molecule has 5 heteroatoms. The molecule has 0 amide bonds. The quantitative estimate of drug-likeness (QED) is 0.198. The number of furan rings is 1. The first-order valence-electron chi connectivity index (χ1n) is 6.12. The van der Waals surface area contributed by atoms with Crippen LogP contribution in [0.25, 0.3) is 0 Å². The van der Waals surface area contributed by atoms with Crippen LogP contribution >= 0.6 is 11.8 Å². The van der Waals surface area contributed by atoms with Crippen molar-refractivity contribution in [1.82, 2.24) is 0 Å². The van der Waals surface area contributed by atoms with Crippen molar-refractivity contribution in [2.24, 2.45) is 16.3 Å². The lowest BCUT2D eigenvalue weighted by Crippen LogP contribution is -2.31. The van der Waals surface area contributed by atoms with Gasteiger partial charge < -0.3 is 15.4 Å². The molecule has 1 rings (SSSR count). The summed E-state index contributed by atoms with van der Waals surface area (Å²) in [6, 6.07) is 2.00. The summed E-state index contributed by atoms with van der Waals surface area (Å²) in [5, 5.41) is 11.8. The summed E-state index contributed by atoms with van der Waals surface area (Å²) in [5.41, 5.74) is 5.41. The summed E-state index contributed by atoms with van der Waals surface area (Å²) in [6.45, 7) is 5.97. The minimum absolute atomic E-state index is 0.231. The van der Waals surface area contributed by atoms with E-state index in [0.717, 1.165) is 30.8 Å². The highest BCUT2D eigenvalue weighted by Gasteiger charge is 2.22. The molecule has 0 aliphatic rings. The maximum absolute atomic E-state index is 8.68. The Morgan fingerprint density at radius 2 is 2.22 bits per heavy atom. The number of amidine groups is 1. The van der Waals surface area contributed by atoms with Gasteiger partial charge in [-0.3, -0.25) is 0 Å². The van der Waals surface area contributed by atoms with Gasteiger partial charge in [-0.25, -0.2) is 0 Å². The lowest BCUT2D eigenvalue weighted by atomic mass is 9.86. The second kappa shape index (κ2) is 6.73. The first-order chi connectivity index (χ1) is 8.47. The van der Waals surface area contributed by atoms with E-state index in [0.29, 0.717) is 5.84 Å². The van der Waals surface area contributed by atoms with Crippen LogP contribution in [0.3, 0.4) is 0 Å². The molecule has 0 saturated carbocycles. The summed E-state index contributed by atoms with van der Waals surface area (Å²) >= 11 is 1.81. The maximum atomic E-state index is 8.68. The van der Waals surface area contributed by atoms with Gasteiger partial charge in [-0.1, -0.05) is 25.4 Å². The highest BCUT2D eigenvalue weighted by atomic mass is 32.2. The van der Waals surface area contributed by atoms with Crippen LogP contribution in [0.4, 0.5) is 0 Å². The molecule has 0 aromatic carbocycles. The van der Waals surface area contributed by atoms with E-state index in [2.05, 4.69) is 5.16 Å². The number of aryl methyl sites for hydroxylation is 1. The molecule has 0 spiro atoms. The van der Waals surface area contributed by atoms with Crippen molar-refractivity contribution in [3.8, 4) is 0 Å². The third kappa shape index (κ3) is 4.29. The van der Waals surface area contributed by atoms with Crippen LogP contribution in [-0.2, 0) is 0 Å². The van der Waals surface area contributed by atoms with Crippen LogP contribution in [-0.4, -0.2) is 16.8 Å². The molecular formula is C13H22N2O2S. The van der Waals surface area contributed by atoms with Crippen LogP contribution in [0.15, 0.2) is 26.8 Å². The number of oxime groups is 1. The summed E-state index contributed by atoms with van der Waals surface area (Å²) < 4.78 is 5.24. The highest BCUT2D eigenvalue weighted by molar-refractivity contribution is 7.99. The summed E-state index contributed by atoms with van der Waals surface area (Å²) in [4.78, 5) is 1.21. The fourth-order valence-corrected chi connectivity index (χ4v) is 2.61. The number of unbranched alkanes of at least 4 members (excludes halogenated alkanes) is 1. The van der Waals surface area contributed by atoms with E-state index in [9.17, 15) is 0 Å². The molecule has 0 fully saturated rings. The topological polar surface area (TPSA) is 71.8 Å². The van der Waals surface area contributed by atoms with Crippen molar-refractivity contribution in [2.45, 2.75) is 44.9 Å². The molecule has 0 saturated heterocycles. The molecule has 1 heterocycles. The van der Waals surface area contributed by atoms with E-state index in [1.165, 1.54) is 4.90 Å². The molecule has 0 aliphatic heterocycles. The van der Waals surface area contributed by atoms with Crippen molar-refractivity contribution in [2.75, 3.05) is 5.75 Å². The normalized spacial score (nSPS) is 12.9. The second-order valence-electron chi connectivity index (χ2n) is 5.02. The average molecular weight is 270 g/mol. The van der Waals surface area contributed by atoms with Gasteiger partial charge in [-0.2, -0.15) is 0 Å². The summed E-state index contributed by atoms with van der Waals surface area (Å²) in [7, 11) is 0. The van der Waals surface area contributed by atoms with Gasteiger partial charge in [0.05, 0.1) is 6.26 Å². The van der Waals surface area contributed by atoms with Crippen molar-refractivity contribution in [1.29, 1.82) is 0 Å². The van der Waals surface area contributed by atoms with E-state index >= 15 is 0 Å². The Balaban J connectivity index is 2.22. The van der Waals surface area contributed by atoms with Crippen molar-refractivity contribution in [3.63, 3.8) is 0 Å². The average Bonchev–Trinajstić information content (AvgIpc) is 2.73. The predicted molar refractivity (Wildman–Crippen MR) is 75.2 cm³/mol. The molecule has 1 aromatic heterocycles.